The minimum absolute atomic E-state index is 0.248. The lowest BCUT2D eigenvalue weighted by atomic mass is 9.90. The molecule has 0 heterocycles. The van der Waals surface area contributed by atoms with E-state index in [1.807, 2.05) is 6.08 Å². The number of nitrogens with one attached hydrogen (secondary N) is 1. The summed E-state index contributed by atoms with van der Waals surface area (Å²) >= 11 is 0. The highest BCUT2D eigenvalue weighted by molar-refractivity contribution is 5.11. The van der Waals surface area contributed by atoms with E-state index >= 15 is 0 Å². The first-order chi connectivity index (χ1) is 6.08. The maximum atomic E-state index is 3.71. The Bertz CT molecular complexity index is 182. The van der Waals surface area contributed by atoms with Crippen molar-refractivity contribution < 1.29 is 0 Å². The number of hydrogen-bond acceptors (Lipinski definition) is 1. The number of rotatable bonds is 6. The first kappa shape index (κ1) is 12.4. The Morgan fingerprint density at radius 1 is 1.46 bits per heavy atom. The molecule has 1 heteroatoms. The molecule has 0 saturated carbocycles. The predicted molar refractivity (Wildman–Crippen MR) is 60.9 cm³/mol. The summed E-state index contributed by atoms with van der Waals surface area (Å²) in [5.41, 5.74) is 1.64. The quantitative estimate of drug-likeness (QED) is 0.620. The molecule has 0 aromatic carbocycles. The van der Waals surface area contributed by atoms with Crippen molar-refractivity contribution >= 4 is 0 Å². The van der Waals surface area contributed by atoms with Gasteiger partial charge >= 0.3 is 0 Å². The summed E-state index contributed by atoms with van der Waals surface area (Å²) in [6.45, 7) is 13.6. The van der Waals surface area contributed by atoms with Crippen molar-refractivity contribution in [3.05, 3.63) is 24.3 Å². The molecule has 0 aromatic heterocycles. The van der Waals surface area contributed by atoms with Crippen molar-refractivity contribution in [3.8, 4) is 0 Å². The predicted octanol–water partition coefficient (Wildman–Crippen LogP) is 3.29. The second-order valence-electron chi connectivity index (χ2n) is 3.87. The van der Waals surface area contributed by atoms with E-state index in [2.05, 4.69) is 45.7 Å². The zero-order valence-corrected chi connectivity index (χ0v) is 9.48. The van der Waals surface area contributed by atoms with Gasteiger partial charge in [0.15, 0.2) is 0 Å². The van der Waals surface area contributed by atoms with E-state index in [9.17, 15) is 0 Å². The summed E-state index contributed by atoms with van der Waals surface area (Å²) in [4.78, 5) is 0. The van der Waals surface area contributed by atoms with Crippen LogP contribution in [0.5, 0.6) is 0 Å². The lowest BCUT2D eigenvalue weighted by Gasteiger charge is -2.29. The number of hydrogen-bond donors (Lipinski definition) is 1. The van der Waals surface area contributed by atoms with Crippen molar-refractivity contribution in [2.75, 3.05) is 6.54 Å². The van der Waals surface area contributed by atoms with Crippen LogP contribution >= 0.6 is 0 Å². The van der Waals surface area contributed by atoms with E-state index < -0.39 is 0 Å². The van der Waals surface area contributed by atoms with Gasteiger partial charge in [0.25, 0.3) is 0 Å². The average molecular weight is 181 g/mol. The smallest absolute Gasteiger partial charge is 0.0187 e. The highest BCUT2D eigenvalue weighted by atomic mass is 14.9. The second-order valence-corrected chi connectivity index (χ2v) is 3.87. The van der Waals surface area contributed by atoms with E-state index in [4.69, 9.17) is 0 Å². The molecule has 0 bridgehead atoms. The van der Waals surface area contributed by atoms with E-state index in [-0.39, 0.29) is 5.54 Å². The van der Waals surface area contributed by atoms with Crippen LogP contribution < -0.4 is 5.32 Å². The van der Waals surface area contributed by atoms with Crippen LogP contribution in [-0.2, 0) is 0 Å². The Hall–Kier alpha value is -0.560. The Morgan fingerprint density at radius 3 is 2.46 bits per heavy atom. The van der Waals surface area contributed by atoms with Gasteiger partial charge in [-0.1, -0.05) is 38.2 Å². The molecule has 0 spiro atoms. The molecular formula is C12H23N. The van der Waals surface area contributed by atoms with Crippen molar-refractivity contribution in [2.24, 2.45) is 0 Å². The first-order valence-corrected chi connectivity index (χ1v) is 5.11. The van der Waals surface area contributed by atoms with Gasteiger partial charge < -0.3 is 5.32 Å². The normalized spacial score (nSPS) is 16.8. The van der Waals surface area contributed by atoms with Crippen molar-refractivity contribution in [1.29, 1.82) is 0 Å². The van der Waals surface area contributed by atoms with Gasteiger partial charge in [0, 0.05) is 5.54 Å². The van der Waals surface area contributed by atoms with Crippen molar-refractivity contribution in [2.45, 2.75) is 46.1 Å². The molecule has 0 aliphatic carbocycles. The SMILES string of the molecule is C=C/C=C(\C)CC(C)(CC)NCC. The molecule has 0 fully saturated rings. The Labute approximate surface area is 82.9 Å². The van der Waals surface area contributed by atoms with Crippen LogP contribution in [0.2, 0.25) is 0 Å². The van der Waals surface area contributed by atoms with Crippen LogP contribution in [0.25, 0.3) is 0 Å². The molecule has 0 aliphatic rings. The maximum Gasteiger partial charge on any atom is 0.0187 e. The molecule has 1 nitrogen and oxygen atoms in total. The van der Waals surface area contributed by atoms with Crippen LogP contribution in [0.15, 0.2) is 24.3 Å². The van der Waals surface area contributed by atoms with Gasteiger partial charge in [-0.15, -0.1) is 0 Å². The van der Waals surface area contributed by atoms with Gasteiger partial charge in [0.05, 0.1) is 0 Å². The summed E-state index contributed by atoms with van der Waals surface area (Å²) < 4.78 is 0. The molecule has 0 amide bonds. The molecule has 1 unspecified atom stereocenters. The summed E-state index contributed by atoms with van der Waals surface area (Å²) in [5, 5.41) is 3.52. The van der Waals surface area contributed by atoms with E-state index in [1.165, 1.54) is 5.57 Å². The summed E-state index contributed by atoms with van der Waals surface area (Å²) in [5.74, 6) is 0. The third-order valence-electron chi connectivity index (χ3n) is 2.46. The zero-order valence-electron chi connectivity index (χ0n) is 9.48. The fourth-order valence-corrected chi connectivity index (χ4v) is 1.61. The molecule has 0 saturated heterocycles. The van der Waals surface area contributed by atoms with E-state index in [1.54, 1.807) is 0 Å². The molecule has 0 aliphatic heterocycles. The number of allylic oxidation sites excluding steroid dienone is 2. The Kier molecular flexibility index (Phi) is 5.72. The molecule has 0 radical (unpaired) electrons. The largest absolute Gasteiger partial charge is 0.311 e. The van der Waals surface area contributed by atoms with Gasteiger partial charge in [-0.2, -0.15) is 0 Å². The van der Waals surface area contributed by atoms with Gasteiger partial charge in [-0.25, -0.2) is 0 Å². The summed E-state index contributed by atoms with van der Waals surface area (Å²) in [6.07, 6.45) is 6.20. The highest BCUT2D eigenvalue weighted by Crippen LogP contribution is 2.19. The molecule has 0 aromatic rings. The van der Waals surface area contributed by atoms with E-state index in [0.717, 1.165) is 19.4 Å². The van der Waals surface area contributed by atoms with Gasteiger partial charge in [0.1, 0.15) is 0 Å². The topological polar surface area (TPSA) is 12.0 Å². The molecule has 1 N–H and O–H groups in total. The summed E-state index contributed by atoms with van der Waals surface area (Å²) in [7, 11) is 0. The van der Waals surface area contributed by atoms with Crippen LogP contribution in [0.3, 0.4) is 0 Å². The molecule has 0 rings (SSSR count). The fourth-order valence-electron chi connectivity index (χ4n) is 1.61. The third-order valence-corrected chi connectivity index (χ3v) is 2.46. The van der Waals surface area contributed by atoms with Crippen LogP contribution in [0.1, 0.15) is 40.5 Å². The van der Waals surface area contributed by atoms with E-state index in [0.29, 0.717) is 0 Å². The first-order valence-electron chi connectivity index (χ1n) is 5.11. The fraction of sp³-hybridized carbons (Fsp3) is 0.667. The lowest BCUT2D eigenvalue weighted by Crippen LogP contribution is -2.41. The van der Waals surface area contributed by atoms with Gasteiger partial charge in [0.2, 0.25) is 0 Å². The molecular weight excluding hydrogens is 158 g/mol. The maximum absolute atomic E-state index is 3.71. The van der Waals surface area contributed by atoms with Crippen molar-refractivity contribution in [1.82, 2.24) is 5.32 Å². The standard InChI is InChI=1S/C12H23N/c1-6-9-11(4)10-12(5,7-2)13-8-3/h6,9,13H,1,7-8,10H2,2-5H3/b11-9+. The minimum Gasteiger partial charge on any atom is -0.311 e. The van der Waals surface area contributed by atoms with Crippen LogP contribution in [-0.4, -0.2) is 12.1 Å². The minimum atomic E-state index is 0.248. The lowest BCUT2D eigenvalue weighted by molar-refractivity contribution is 0.348. The monoisotopic (exact) mass is 181 g/mol. The summed E-state index contributed by atoms with van der Waals surface area (Å²) in [6, 6.07) is 0. The zero-order chi connectivity index (χ0) is 10.3. The highest BCUT2D eigenvalue weighted by Gasteiger charge is 2.20. The van der Waals surface area contributed by atoms with Crippen molar-refractivity contribution in [3.63, 3.8) is 0 Å². The van der Waals surface area contributed by atoms with Gasteiger partial charge in [-0.3, -0.25) is 0 Å². The average Bonchev–Trinajstić information content (AvgIpc) is 2.05. The van der Waals surface area contributed by atoms with Crippen LogP contribution in [0, 0.1) is 0 Å². The Morgan fingerprint density at radius 2 is 2.08 bits per heavy atom. The Balaban J connectivity index is 4.25. The molecule has 76 valence electrons. The second kappa shape index (κ2) is 5.98. The third kappa shape index (κ3) is 4.89. The van der Waals surface area contributed by atoms with Gasteiger partial charge in [-0.05, 0) is 33.2 Å². The molecule has 1 atom stereocenters. The van der Waals surface area contributed by atoms with Crippen LogP contribution in [0.4, 0.5) is 0 Å². The molecule has 13 heavy (non-hydrogen) atoms.